The first kappa shape index (κ1) is 17.1. The molecule has 0 N–H and O–H groups in total. The minimum Gasteiger partial charge on any atom is -0.337 e. The van der Waals surface area contributed by atoms with Gasteiger partial charge in [0, 0.05) is 70.6 Å². The molecule has 2 aliphatic heterocycles. The van der Waals surface area contributed by atoms with Crippen molar-refractivity contribution >= 4 is 5.91 Å². The minimum absolute atomic E-state index is 0.0483. The molecule has 0 radical (unpaired) electrons. The summed E-state index contributed by atoms with van der Waals surface area (Å²) in [5, 5.41) is 0. The Morgan fingerprint density at radius 2 is 1.54 bits per heavy atom. The summed E-state index contributed by atoms with van der Waals surface area (Å²) in [5.41, 5.74) is 2.35. The van der Waals surface area contributed by atoms with Gasteiger partial charge in [0.25, 0.3) is 0 Å². The van der Waals surface area contributed by atoms with Crippen LogP contribution in [0.2, 0.25) is 0 Å². The van der Waals surface area contributed by atoms with Crippen molar-refractivity contribution in [2.75, 3.05) is 32.7 Å². The Morgan fingerprint density at radius 3 is 2.15 bits per heavy atom. The minimum atomic E-state index is 0.0483. The second-order valence-electron chi connectivity index (χ2n) is 7.10. The van der Waals surface area contributed by atoms with E-state index >= 15 is 0 Å². The number of likely N-dealkylation sites (tertiary alicyclic amines) is 1. The third kappa shape index (κ3) is 3.92. The Hall–Kier alpha value is -2.31. The molecule has 26 heavy (non-hydrogen) atoms. The summed E-state index contributed by atoms with van der Waals surface area (Å²) < 4.78 is 0. The number of piperazine rings is 1. The molecule has 0 aliphatic carbocycles. The van der Waals surface area contributed by atoms with Gasteiger partial charge in [-0.2, -0.15) is 0 Å². The Labute approximate surface area is 154 Å². The molecule has 4 heterocycles. The van der Waals surface area contributed by atoms with Crippen LogP contribution in [0.1, 0.15) is 17.5 Å². The van der Waals surface area contributed by atoms with Crippen LogP contribution < -0.4 is 0 Å². The Bertz CT molecular complexity index is 715. The van der Waals surface area contributed by atoms with Crippen molar-refractivity contribution in [2.24, 2.45) is 0 Å². The van der Waals surface area contributed by atoms with E-state index in [2.05, 4.69) is 25.8 Å². The zero-order valence-corrected chi connectivity index (χ0v) is 15.0. The van der Waals surface area contributed by atoms with E-state index in [0.717, 1.165) is 51.3 Å². The van der Waals surface area contributed by atoms with Crippen LogP contribution in [0.25, 0.3) is 0 Å². The molecule has 4 rings (SSSR count). The topological polar surface area (TPSA) is 52.6 Å². The maximum atomic E-state index is 12.8. The average Bonchev–Trinajstić information content (AvgIpc) is 3.05. The van der Waals surface area contributed by atoms with Gasteiger partial charge in [0.15, 0.2) is 0 Å². The van der Waals surface area contributed by atoms with Crippen LogP contribution in [0.5, 0.6) is 0 Å². The number of nitrogens with zero attached hydrogens (tertiary/aromatic N) is 5. The highest BCUT2D eigenvalue weighted by Crippen LogP contribution is 2.21. The van der Waals surface area contributed by atoms with Crippen LogP contribution in [-0.4, -0.2) is 69.3 Å². The van der Waals surface area contributed by atoms with Gasteiger partial charge in [0.2, 0.25) is 5.91 Å². The van der Waals surface area contributed by atoms with Crippen molar-refractivity contribution in [1.82, 2.24) is 24.7 Å². The van der Waals surface area contributed by atoms with Crippen molar-refractivity contribution in [1.29, 1.82) is 0 Å². The molecule has 1 unspecified atom stereocenters. The molecule has 2 aromatic rings. The number of hydrogen-bond donors (Lipinski definition) is 0. The molecule has 2 aliphatic rings. The molecular formula is C20H25N5O. The Kier molecular flexibility index (Phi) is 5.22. The predicted molar refractivity (Wildman–Crippen MR) is 99.1 cm³/mol. The first-order chi connectivity index (χ1) is 12.8. The molecule has 2 aromatic heterocycles. The SMILES string of the molecule is O=C1C(N2CCN(Cc3cccnc3)CC2)CCN1Cc1cccnc1. The lowest BCUT2D eigenvalue weighted by Crippen LogP contribution is -2.52. The quantitative estimate of drug-likeness (QED) is 0.815. The van der Waals surface area contributed by atoms with E-state index in [0.29, 0.717) is 6.54 Å². The van der Waals surface area contributed by atoms with E-state index in [9.17, 15) is 4.79 Å². The predicted octanol–water partition coefficient (Wildman–Crippen LogP) is 1.40. The molecule has 0 saturated carbocycles. The van der Waals surface area contributed by atoms with E-state index in [1.165, 1.54) is 5.56 Å². The summed E-state index contributed by atoms with van der Waals surface area (Å²) in [6, 6.07) is 8.11. The number of amides is 1. The van der Waals surface area contributed by atoms with Gasteiger partial charge in [-0.25, -0.2) is 0 Å². The summed E-state index contributed by atoms with van der Waals surface area (Å²) in [4.78, 5) is 27.9. The normalized spacial score (nSPS) is 22.1. The number of hydrogen-bond acceptors (Lipinski definition) is 5. The van der Waals surface area contributed by atoms with Gasteiger partial charge in [0.05, 0.1) is 6.04 Å². The van der Waals surface area contributed by atoms with Gasteiger partial charge >= 0.3 is 0 Å². The second kappa shape index (κ2) is 7.93. The summed E-state index contributed by atoms with van der Waals surface area (Å²) >= 11 is 0. The summed E-state index contributed by atoms with van der Waals surface area (Å²) in [6.45, 7) is 6.36. The Morgan fingerprint density at radius 1 is 0.885 bits per heavy atom. The van der Waals surface area contributed by atoms with Crippen molar-refractivity contribution in [2.45, 2.75) is 25.6 Å². The molecule has 2 fully saturated rings. The van der Waals surface area contributed by atoms with Crippen LogP contribution in [0.4, 0.5) is 0 Å². The lowest BCUT2D eigenvalue weighted by molar-refractivity contribution is -0.133. The first-order valence-electron chi connectivity index (χ1n) is 9.32. The van der Waals surface area contributed by atoms with E-state index in [1.54, 1.807) is 6.20 Å². The number of carbonyl (C=O) groups excluding carboxylic acids is 1. The standard InChI is InChI=1S/C20H25N5O/c26-20-19(5-8-25(20)16-18-4-2-7-22-14-18)24-11-9-23(10-12-24)15-17-3-1-6-21-13-17/h1-4,6-7,13-14,19H,5,8-12,15-16H2. The monoisotopic (exact) mass is 351 g/mol. The number of pyridine rings is 2. The van der Waals surface area contributed by atoms with E-state index in [4.69, 9.17) is 0 Å². The lowest BCUT2D eigenvalue weighted by Gasteiger charge is -2.37. The summed E-state index contributed by atoms with van der Waals surface area (Å²) in [7, 11) is 0. The molecule has 0 aromatic carbocycles. The molecule has 6 nitrogen and oxygen atoms in total. The fourth-order valence-electron chi connectivity index (χ4n) is 3.91. The molecule has 136 valence electrons. The average molecular weight is 351 g/mol. The molecule has 0 spiro atoms. The highest BCUT2D eigenvalue weighted by Gasteiger charge is 2.36. The third-order valence-electron chi connectivity index (χ3n) is 5.34. The van der Waals surface area contributed by atoms with Crippen LogP contribution in [0.15, 0.2) is 49.1 Å². The first-order valence-corrected chi connectivity index (χ1v) is 9.32. The lowest BCUT2D eigenvalue weighted by atomic mass is 10.1. The van der Waals surface area contributed by atoms with Gasteiger partial charge in [-0.15, -0.1) is 0 Å². The Balaban J connectivity index is 1.29. The maximum Gasteiger partial charge on any atom is 0.240 e. The van der Waals surface area contributed by atoms with Crippen molar-refractivity contribution in [3.8, 4) is 0 Å². The molecule has 1 atom stereocenters. The van der Waals surface area contributed by atoms with Crippen molar-refractivity contribution in [3.63, 3.8) is 0 Å². The van der Waals surface area contributed by atoms with E-state index < -0.39 is 0 Å². The maximum absolute atomic E-state index is 12.8. The molecule has 1 amide bonds. The van der Waals surface area contributed by atoms with E-state index in [-0.39, 0.29) is 11.9 Å². The van der Waals surface area contributed by atoms with E-state index in [1.807, 2.05) is 41.7 Å². The fraction of sp³-hybridized carbons (Fsp3) is 0.450. The smallest absolute Gasteiger partial charge is 0.240 e. The number of carbonyl (C=O) groups is 1. The van der Waals surface area contributed by atoms with Crippen LogP contribution in [0, 0.1) is 0 Å². The van der Waals surface area contributed by atoms with Crippen molar-refractivity contribution < 1.29 is 4.79 Å². The molecule has 0 bridgehead atoms. The highest BCUT2D eigenvalue weighted by atomic mass is 16.2. The number of aromatic nitrogens is 2. The molecular weight excluding hydrogens is 326 g/mol. The largest absolute Gasteiger partial charge is 0.337 e. The third-order valence-corrected chi connectivity index (χ3v) is 5.34. The zero-order chi connectivity index (χ0) is 17.8. The summed E-state index contributed by atoms with van der Waals surface area (Å²) in [5.74, 6) is 0.273. The van der Waals surface area contributed by atoms with Gasteiger partial charge in [0.1, 0.15) is 0 Å². The van der Waals surface area contributed by atoms with Crippen LogP contribution >= 0.6 is 0 Å². The zero-order valence-electron chi connectivity index (χ0n) is 15.0. The van der Waals surface area contributed by atoms with Gasteiger partial charge in [-0.3, -0.25) is 24.6 Å². The van der Waals surface area contributed by atoms with Gasteiger partial charge in [-0.05, 0) is 29.7 Å². The second-order valence-corrected chi connectivity index (χ2v) is 7.10. The highest BCUT2D eigenvalue weighted by molar-refractivity contribution is 5.84. The van der Waals surface area contributed by atoms with Gasteiger partial charge in [-0.1, -0.05) is 12.1 Å². The fourth-order valence-corrected chi connectivity index (χ4v) is 3.91. The van der Waals surface area contributed by atoms with Crippen LogP contribution in [-0.2, 0) is 17.9 Å². The molecule has 2 saturated heterocycles. The number of rotatable bonds is 5. The molecule has 6 heteroatoms. The summed E-state index contributed by atoms with van der Waals surface area (Å²) in [6.07, 6.45) is 8.29. The van der Waals surface area contributed by atoms with Crippen molar-refractivity contribution in [3.05, 3.63) is 60.2 Å². The van der Waals surface area contributed by atoms with Crippen LogP contribution in [0.3, 0.4) is 0 Å². The van der Waals surface area contributed by atoms with Gasteiger partial charge < -0.3 is 4.90 Å².